The predicted molar refractivity (Wildman–Crippen MR) is 140 cm³/mol. The molecule has 0 unspecified atom stereocenters. The van der Waals surface area contributed by atoms with Crippen molar-refractivity contribution in [2.75, 3.05) is 13.2 Å². The van der Waals surface area contributed by atoms with Crippen molar-refractivity contribution in [1.82, 2.24) is 20.1 Å². The van der Waals surface area contributed by atoms with Gasteiger partial charge in [-0.1, -0.05) is 30.3 Å². The summed E-state index contributed by atoms with van der Waals surface area (Å²) in [5.74, 6) is -0.114. The summed E-state index contributed by atoms with van der Waals surface area (Å²) in [6.45, 7) is 1.89. The van der Waals surface area contributed by atoms with Gasteiger partial charge in [0.1, 0.15) is 11.6 Å². The van der Waals surface area contributed by atoms with E-state index in [1.807, 2.05) is 4.90 Å². The molecule has 0 aliphatic carbocycles. The minimum atomic E-state index is -5.02. The predicted octanol–water partition coefficient (Wildman–Crippen LogP) is 6.62. The van der Waals surface area contributed by atoms with Crippen LogP contribution in [0.15, 0.2) is 71.5 Å². The van der Waals surface area contributed by atoms with Crippen LogP contribution in [0.5, 0.6) is 0 Å². The van der Waals surface area contributed by atoms with E-state index in [0.29, 0.717) is 35.6 Å². The number of nitrogens with zero attached hydrogens (tertiary/aromatic N) is 2. The number of alkyl halides is 6. The van der Waals surface area contributed by atoms with Crippen LogP contribution in [0.3, 0.4) is 0 Å². The molecule has 5 rings (SSSR count). The van der Waals surface area contributed by atoms with Crippen LogP contribution in [0.2, 0.25) is 0 Å². The van der Waals surface area contributed by atoms with Crippen molar-refractivity contribution in [3.8, 4) is 11.1 Å². The van der Waals surface area contributed by atoms with Gasteiger partial charge in [-0.25, -0.2) is 14.3 Å². The van der Waals surface area contributed by atoms with Crippen LogP contribution in [0.1, 0.15) is 47.1 Å². The lowest BCUT2D eigenvalue weighted by atomic mass is 9.97. The molecule has 0 amide bonds. The maximum atomic E-state index is 13.5. The number of morpholine rings is 1. The van der Waals surface area contributed by atoms with Crippen molar-refractivity contribution < 1.29 is 40.2 Å². The standard InChI is InChI=1S/C29H25F7N4O3/c1-16(20-12-21(28(31,32)33)14-22(13-20)29(34,35)36)43-26-25(40(9-10-42-26)15-24-37-27(41)39-38-24)19-4-2-3-18(11-19)17-5-7-23(30)8-6-17/h2-8,11-14,16,25-26H,9-10,15H2,1H3,(H2,37,38,39,41)/t16-,25+,26-/m1/s1. The quantitative estimate of drug-likeness (QED) is 0.230. The smallest absolute Gasteiger partial charge is 0.349 e. The third-order valence-electron chi connectivity index (χ3n) is 7.04. The largest absolute Gasteiger partial charge is 0.416 e. The van der Waals surface area contributed by atoms with Gasteiger partial charge in [0.05, 0.1) is 36.4 Å². The number of aromatic nitrogens is 3. The molecule has 0 spiro atoms. The van der Waals surface area contributed by atoms with Gasteiger partial charge in [0.25, 0.3) is 0 Å². The van der Waals surface area contributed by atoms with Crippen LogP contribution in [-0.4, -0.2) is 39.5 Å². The van der Waals surface area contributed by atoms with Crippen molar-refractivity contribution in [2.45, 2.75) is 44.3 Å². The van der Waals surface area contributed by atoms with Crippen LogP contribution >= 0.6 is 0 Å². The maximum Gasteiger partial charge on any atom is 0.416 e. The highest BCUT2D eigenvalue weighted by Crippen LogP contribution is 2.40. The molecule has 7 nitrogen and oxygen atoms in total. The minimum absolute atomic E-state index is 0.0590. The molecule has 43 heavy (non-hydrogen) atoms. The lowest BCUT2D eigenvalue weighted by molar-refractivity contribution is -0.231. The Hall–Kier alpha value is -4.01. The number of ether oxygens (including phenoxy) is 2. The summed E-state index contributed by atoms with van der Waals surface area (Å²) < 4.78 is 107. The second-order valence-corrected chi connectivity index (χ2v) is 10.0. The molecule has 1 aromatic heterocycles. The van der Waals surface area contributed by atoms with Crippen LogP contribution in [0.25, 0.3) is 11.1 Å². The summed E-state index contributed by atoms with van der Waals surface area (Å²) >= 11 is 0. The Kier molecular flexibility index (Phi) is 8.45. The lowest BCUT2D eigenvalue weighted by Gasteiger charge is -2.41. The molecule has 0 radical (unpaired) electrons. The number of hydrogen-bond donors (Lipinski definition) is 2. The average Bonchev–Trinajstić information content (AvgIpc) is 3.36. The summed E-state index contributed by atoms with van der Waals surface area (Å²) in [4.78, 5) is 16.1. The molecule has 1 fully saturated rings. The summed E-state index contributed by atoms with van der Waals surface area (Å²) in [6.07, 6.45) is -12.4. The van der Waals surface area contributed by atoms with Gasteiger partial charge < -0.3 is 9.47 Å². The molecule has 2 heterocycles. The number of halogens is 7. The highest BCUT2D eigenvalue weighted by molar-refractivity contribution is 5.64. The molecule has 1 saturated heterocycles. The van der Waals surface area contributed by atoms with Gasteiger partial charge >= 0.3 is 18.0 Å². The van der Waals surface area contributed by atoms with Gasteiger partial charge in [0.15, 0.2) is 6.29 Å². The number of benzene rings is 3. The van der Waals surface area contributed by atoms with E-state index in [1.54, 1.807) is 36.4 Å². The van der Waals surface area contributed by atoms with Crippen molar-refractivity contribution in [3.63, 3.8) is 0 Å². The van der Waals surface area contributed by atoms with Gasteiger partial charge in [0.2, 0.25) is 0 Å². The number of rotatable bonds is 7. The zero-order valence-electron chi connectivity index (χ0n) is 22.5. The second kappa shape index (κ2) is 11.9. The average molecular weight is 611 g/mol. The SMILES string of the molecule is C[C@@H](O[C@H]1OCCN(Cc2n[nH]c(=O)[nH]2)[C@H]1c1cccc(-c2ccc(F)cc2)c1)c1cc(C(F)(F)F)cc(C(F)(F)F)c1. The van der Waals surface area contributed by atoms with Crippen molar-refractivity contribution in [2.24, 2.45) is 0 Å². The molecular weight excluding hydrogens is 585 g/mol. The lowest BCUT2D eigenvalue weighted by Crippen LogP contribution is -2.46. The van der Waals surface area contributed by atoms with Crippen molar-refractivity contribution in [1.29, 1.82) is 0 Å². The summed E-state index contributed by atoms with van der Waals surface area (Å²) in [7, 11) is 0. The Bertz CT molecular complexity index is 1580. The molecule has 1 aliphatic rings. The van der Waals surface area contributed by atoms with Gasteiger partial charge in [-0.05, 0) is 65.6 Å². The summed E-state index contributed by atoms with van der Waals surface area (Å²) in [5, 5.41) is 6.23. The Morgan fingerprint density at radius 3 is 2.26 bits per heavy atom. The van der Waals surface area contributed by atoms with Crippen LogP contribution < -0.4 is 5.69 Å². The topological polar surface area (TPSA) is 83.2 Å². The van der Waals surface area contributed by atoms with E-state index in [0.717, 1.165) is 5.56 Å². The number of nitrogens with one attached hydrogen (secondary N) is 2. The van der Waals surface area contributed by atoms with E-state index < -0.39 is 53.4 Å². The molecule has 228 valence electrons. The Labute approximate surface area is 240 Å². The van der Waals surface area contributed by atoms with E-state index >= 15 is 0 Å². The highest BCUT2D eigenvalue weighted by atomic mass is 19.4. The number of aromatic amines is 2. The van der Waals surface area contributed by atoms with E-state index in [4.69, 9.17) is 9.47 Å². The van der Waals surface area contributed by atoms with E-state index in [2.05, 4.69) is 15.2 Å². The van der Waals surface area contributed by atoms with Gasteiger partial charge in [-0.3, -0.25) is 9.88 Å². The third-order valence-corrected chi connectivity index (χ3v) is 7.04. The molecular formula is C29H25F7N4O3. The fourth-order valence-electron chi connectivity index (χ4n) is 4.96. The number of hydrogen-bond acceptors (Lipinski definition) is 5. The molecule has 14 heteroatoms. The molecule has 3 aromatic carbocycles. The highest BCUT2D eigenvalue weighted by Gasteiger charge is 2.39. The van der Waals surface area contributed by atoms with Crippen molar-refractivity contribution >= 4 is 0 Å². The first-order valence-electron chi connectivity index (χ1n) is 13.1. The monoisotopic (exact) mass is 610 g/mol. The van der Waals surface area contributed by atoms with Crippen LogP contribution in [0, 0.1) is 5.82 Å². The first-order chi connectivity index (χ1) is 20.3. The van der Waals surface area contributed by atoms with Crippen LogP contribution in [-0.2, 0) is 28.4 Å². The fraction of sp³-hybridized carbons (Fsp3) is 0.310. The fourth-order valence-corrected chi connectivity index (χ4v) is 4.96. The van der Waals surface area contributed by atoms with Crippen LogP contribution in [0.4, 0.5) is 30.7 Å². The molecule has 0 bridgehead atoms. The van der Waals surface area contributed by atoms with E-state index in [1.165, 1.54) is 19.1 Å². The number of H-pyrrole nitrogens is 2. The van der Waals surface area contributed by atoms with Gasteiger partial charge in [-0.2, -0.15) is 31.4 Å². The zero-order valence-corrected chi connectivity index (χ0v) is 22.5. The summed E-state index contributed by atoms with van der Waals surface area (Å²) in [6, 6.07) is 13.5. The molecule has 0 saturated carbocycles. The Morgan fingerprint density at radius 1 is 0.977 bits per heavy atom. The Balaban J connectivity index is 1.51. The molecule has 3 atom stereocenters. The van der Waals surface area contributed by atoms with E-state index in [9.17, 15) is 35.5 Å². The first-order valence-corrected chi connectivity index (χ1v) is 13.1. The van der Waals surface area contributed by atoms with Gasteiger partial charge in [0, 0.05) is 6.54 Å². The maximum absolute atomic E-state index is 13.5. The zero-order chi connectivity index (χ0) is 30.9. The molecule has 2 N–H and O–H groups in total. The Morgan fingerprint density at radius 2 is 1.65 bits per heavy atom. The van der Waals surface area contributed by atoms with Gasteiger partial charge in [-0.15, -0.1) is 0 Å². The molecule has 4 aromatic rings. The third kappa shape index (κ3) is 7.14. The first kappa shape index (κ1) is 30.4. The van der Waals surface area contributed by atoms with Crippen molar-refractivity contribution in [3.05, 3.63) is 111 Å². The normalized spacial score (nSPS) is 19.0. The minimum Gasteiger partial charge on any atom is -0.349 e. The second-order valence-electron chi connectivity index (χ2n) is 10.0. The summed E-state index contributed by atoms with van der Waals surface area (Å²) in [5.41, 5.74) is -1.71. The molecule has 1 aliphatic heterocycles. The van der Waals surface area contributed by atoms with E-state index in [-0.39, 0.29) is 24.8 Å².